The Morgan fingerprint density at radius 3 is 2.62 bits per heavy atom. The Morgan fingerprint density at radius 2 is 2.05 bits per heavy atom. The molecule has 7 heteroatoms. The summed E-state index contributed by atoms with van der Waals surface area (Å²) in [6, 6.07) is 7.74. The Morgan fingerprint density at radius 1 is 1.38 bits per heavy atom. The zero-order chi connectivity index (χ0) is 15.4. The molecule has 1 aromatic heterocycles. The van der Waals surface area contributed by atoms with Gasteiger partial charge in [0.1, 0.15) is 5.82 Å². The van der Waals surface area contributed by atoms with Crippen molar-refractivity contribution in [2.75, 3.05) is 5.32 Å². The number of carboxylic acid groups (broad SMARTS) is 1. The van der Waals surface area contributed by atoms with Crippen LogP contribution in [-0.4, -0.2) is 21.0 Å². The summed E-state index contributed by atoms with van der Waals surface area (Å²) < 4.78 is 0. The van der Waals surface area contributed by atoms with E-state index >= 15 is 0 Å². The van der Waals surface area contributed by atoms with E-state index in [-0.39, 0.29) is 11.3 Å². The van der Waals surface area contributed by atoms with Gasteiger partial charge >= 0.3 is 5.97 Å². The second-order valence-electron chi connectivity index (χ2n) is 4.47. The van der Waals surface area contributed by atoms with Crippen LogP contribution in [0, 0.1) is 17.0 Å². The van der Waals surface area contributed by atoms with Gasteiger partial charge in [0, 0.05) is 18.3 Å². The lowest BCUT2D eigenvalue weighted by Gasteiger charge is -2.06. The number of aromatic carboxylic acids is 1. The maximum Gasteiger partial charge on any atom is 0.335 e. The van der Waals surface area contributed by atoms with Crippen LogP contribution in [0.15, 0.2) is 36.5 Å². The molecule has 2 N–H and O–H groups in total. The first-order chi connectivity index (χ1) is 9.97. The molecule has 0 bridgehead atoms. The van der Waals surface area contributed by atoms with Crippen molar-refractivity contribution in [3.05, 3.63) is 63.3 Å². The lowest BCUT2D eigenvalue weighted by molar-refractivity contribution is -0.385. The first-order valence-electron chi connectivity index (χ1n) is 6.14. The molecule has 2 rings (SSSR count). The molecule has 108 valence electrons. The third-order valence-corrected chi connectivity index (χ3v) is 2.95. The quantitative estimate of drug-likeness (QED) is 0.646. The number of aryl methyl sites for hydroxylation is 1. The highest BCUT2D eigenvalue weighted by Crippen LogP contribution is 2.20. The third-order valence-electron chi connectivity index (χ3n) is 2.95. The molecule has 0 fully saturated rings. The van der Waals surface area contributed by atoms with E-state index in [2.05, 4.69) is 10.3 Å². The second kappa shape index (κ2) is 6.00. The maximum atomic E-state index is 10.8. The number of benzene rings is 1. The highest BCUT2D eigenvalue weighted by atomic mass is 16.6. The van der Waals surface area contributed by atoms with Gasteiger partial charge < -0.3 is 10.4 Å². The van der Waals surface area contributed by atoms with Gasteiger partial charge in [-0.25, -0.2) is 9.78 Å². The highest BCUT2D eigenvalue weighted by molar-refractivity contribution is 5.87. The van der Waals surface area contributed by atoms with Crippen molar-refractivity contribution in [2.45, 2.75) is 13.5 Å². The Kier molecular flexibility index (Phi) is 4.13. The molecule has 7 nitrogen and oxygen atoms in total. The van der Waals surface area contributed by atoms with Gasteiger partial charge in [-0.15, -0.1) is 0 Å². The predicted octanol–water partition coefficient (Wildman–Crippen LogP) is 2.61. The van der Waals surface area contributed by atoms with E-state index in [1.165, 1.54) is 24.4 Å². The fourth-order valence-corrected chi connectivity index (χ4v) is 1.76. The largest absolute Gasteiger partial charge is 0.478 e. The number of anilines is 1. The van der Waals surface area contributed by atoms with E-state index in [9.17, 15) is 14.9 Å². The standard InChI is InChI=1S/C14H13N3O4/c1-9-7-15-13(6-12(9)17(20)21)16-8-10-2-4-11(5-3-10)14(18)19/h2-7H,8H2,1H3,(H,15,16)(H,18,19). The van der Waals surface area contributed by atoms with Gasteiger partial charge in [-0.2, -0.15) is 0 Å². The molecule has 1 heterocycles. The maximum absolute atomic E-state index is 10.8. The zero-order valence-corrected chi connectivity index (χ0v) is 11.2. The number of hydrogen-bond acceptors (Lipinski definition) is 5. The molecule has 21 heavy (non-hydrogen) atoms. The first kappa shape index (κ1) is 14.4. The van der Waals surface area contributed by atoms with Crippen molar-refractivity contribution < 1.29 is 14.8 Å². The highest BCUT2D eigenvalue weighted by Gasteiger charge is 2.11. The minimum Gasteiger partial charge on any atom is -0.478 e. The van der Waals surface area contributed by atoms with E-state index in [1.807, 2.05) is 0 Å². The third kappa shape index (κ3) is 3.53. The van der Waals surface area contributed by atoms with E-state index in [0.29, 0.717) is 17.9 Å². The molecule has 0 atom stereocenters. The summed E-state index contributed by atoms with van der Waals surface area (Å²) >= 11 is 0. The van der Waals surface area contributed by atoms with Gasteiger partial charge in [0.05, 0.1) is 16.6 Å². The number of nitrogens with zero attached hydrogens (tertiary/aromatic N) is 2. The SMILES string of the molecule is Cc1cnc(NCc2ccc(C(=O)O)cc2)cc1[N+](=O)[O-]. The van der Waals surface area contributed by atoms with Crippen LogP contribution < -0.4 is 5.32 Å². The van der Waals surface area contributed by atoms with Gasteiger partial charge in [0.25, 0.3) is 5.69 Å². The number of nitrogens with one attached hydrogen (secondary N) is 1. The average molecular weight is 287 g/mol. The van der Waals surface area contributed by atoms with Gasteiger partial charge in [0.15, 0.2) is 0 Å². The van der Waals surface area contributed by atoms with Crippen molar-refractivity contribution in [2.24, 2.45) is 0 Å². The first-order valence-corrected chi connectivity index (χ1v) is 6.14. The van der Waals surface area contributed by atoms with Gasteiger partial charge in [-0.05, 0) is 24.6 Å². The van der Waals surface area contributed by atoms with Crippen molar-refractivity contribution in [1.82, 2.24) is 4.98 Å². The lowest BCUT2D eigenvalue weighted by atomic mass is 10.1. The van der Waals surface area contributed by atoms with Crippen LogP contribution in [-0.2, 0) is 6.54 Å². The van der Waals surface area contributed by atoms with Crippen molar-refractivity contribution >= 4 is 17.5 Å². The summed E-state index contributed by atoms with van der Waals surface area (Å²) in [5, 5.41) is 22.6. The van der Waals surface area contributed by atoms with Crippen LogP contribution in [0.25, 0.3) is 0 Å². The monoisotopic (exact) mass is 287 g/mol. The van der Waals surface area contributed by atoms with Crippen LogP contribution in [0.4, 0.5) is 11.5 Å². The van der Waals surface area contributed by atoms with E-state index in [1.54, 1.807) is 19.1 Å². The normalized spacial score (nSPS) is 10.1. The minimum absolute atomic E-state index is 0.00808. The Hall–Kier alpha value is -2.96. The molecule has 0 unspecified atom stereocenters. The molecular weight excluding hydrogens is 274 g/mol. The van der Waals surface area contributed by atoms with Crippen LogP contribution in [0.1, 0.15) is 21.5 Å². The van der Waals surface area contributed by atoms with Crippen LogP contribution >= 0.6 is 0 Å². The number of carboxylic acids is 1. The molecule has 0 aliphatic rings. The molecule has 0 spiro atoms. The summed E-state index contributed by atoms with van der Waals surface area (Å²) in [5.41, 5.74) is 1.57. The van der Waals surface area contributed by atoms with Crippen LogP contribution in [0.3, 0.4) is 0 Å². The molecule has 2 aromatic rings. The number of pyridine rings is 1. The number of carbonyl (C=O) groups is 1. The summed E-state index contributed by atoms with van der Waals surface area (Å²) in [6.45, 7) is 2.02. The minimum atomic E-state index is -0.981. The fraction of sp³-hybridized carbons (Fsp3) is 0.143. The van der Waals surface area contributed by atoms with Crippen molar-refractivity contribution in [1.29, 1.82) is 0 Å². The van der Waals surface area contributed by atoms with Gasteiger partial charge in [0.2, 0.25) is 0 Å². The Labute approximate surface area is 120 Å². The molecular formula is C14H13N3O4. The molecule has 0 saturated heterocycles. The smallest absolute Gasteiger partial charge is 0.335 e. The number of aromatic nitrogens is 1. The van der Waals surface area contributed by atoms with Crippen molar-refractivity contribution in [3.63, 3.8) is 0 Å². The molecule has 0 radical (unpaired) electrons. The molecule has 1 aromatic carbocycles. The summed E-state index contributed by atoms with van der Waals surface area (Å²) in [7, 11) is 0. The Balaban J connectivity index is 2.07. The van der Waals surface area contributed by atoms with Gasteiger partial charge in [-0.3, -0.25) is 10.1 Å². The zero-order valence-electron chi connectivity index (χ0n) is 11.2. The van der Waals surface area contributed by atoms with Crippen LogP contribution in [0.2, 0.25) is 0 Å². The second-order valence-corrected chi connectivity index (χ2v) is 4.47. The number of rotatable bonds is 5. The Bertz CT molecular complexity index is 683. The predicted molar refractivity (Wildman–Crippen MR) is 76.4 cm³/mol. The molecule has 0 aliphatic heterocycles. The topological polar surface area (TPSA) is 105 Å². The lowest BCUT2D eigenvalue weighted by Crippen LogP contribution is -2.03. The van der Waals surface area contributed by atoms with E-state index < -0.39 is 10.9 Å². The van der Waals surface area contributed by atoms with E-state index in [4.69, 9.17) is 5.11 Å². The summed E-state index contributed by atoms with van der Waals surface area (Å²) in [6.07, 6.45) is 1.44. The van der Waals surface area contributed by atoms with Gasteiger partial charge in [-0.1, -0.05) is 12.1 Å². The number of hydrogen-bond donors (Lipinski definition) is 2. The average Bonchev–Trinajstić information content (AvgIpc) is 2.46. The molecule has 0 aliphatic carbocycles. The molecule has 0 saturated carbocycles. The van der Waals surface area contributed by atoms with Crippen molar-refractivity contribution in [3.8, 4) is 0 Å². The summed E-state index contributed by atoms with van der Waals surface area (Å²) in [4.78, 5) is 25.2. The van der Waals surface area contributed by atoms with Crippen LogP contribution in [0.5, 0.6) is 0 Å². The fourth-order valence-electron chi connectivity index (χ4n) is 1.76. The summed E-state index contributed by atoms with van der Waals surface area (Å²) in [5.74, 6) is -0.583. The number of nitro groups is 1. The molecule has 0 amide bonds. The van der Waals surface area contributed by atoms with E-state index in [0.717, 1.165) is 5.56 Å².